The van der Waals surface area contributed by atoms with Gasteiger partial charge >= 0.3 is 0 Å². The second kappa shape index (κ2) is 7.23. The number of amides is 1. The van der Waals surface area contributed by atoms with Crippen LogP contribution >= 0.6 is 0 Å². The monoisotopic (exact) mass is 317 g/mol. The first-order valence-corrected chi connectivity index (χ1v) is 7.58. The average Bonchev–Trinajstić information content (AvgIpc) is 3.09. The third-order valence-electron chi connectivity index (χ3n) is 3.70. The number of aryl methyl sites for hydroxylation is 1. The molecule has 0 atom stereocenters. The third kappa shape index (κ3) is 3.87. The quantitative estimate of drug-likeness (QED) is 0.832. The Kier molecular flexibility index (Phi) is 4.87. The van der Waals surface area contributed by atoms with Crippen molar-refractivity contribution in [1.29, 1.82) is 0 Å². The maximum Gasteiger partial charge on any atom is 0.247 e. The molecular formula is C16H19N3O4. The van der Waals surface area contributed by atoms with Crippen LogP contribution < -0.4 is 4.74 Å². The Morgan fingerprint density at radius 1 is 1.30 bits per heavy atom. The molecular weight excluding hydrogens is 298 g/mol. The van der Waals surface area contributed by atoms with Gasteiger partial charge in [-0.25, -0.2) is 0 Å². The Bertz CT molecular complexity index is 665. The normalized spacial score (nSPS) is 14.7. The molecule has 1 aromatic carbocycles. The molecule has 0 spiro atoms. The van der Waals surface area contributed by atoms with Crippen molar-refractivity contribution in [2.75, 3.05) is 33.4 Å². The lowest BCUT2D eigenvalue weighted by atomic mass is 10.2. The molecule has 1 aromatic heterocycles. The number of methoxy groups -OCH3 is 1. The maximum absolute atomic E-state index is 12.1. The van der Waals surface area contributed by atoms with Crippen LogP contribution in [-0.4, -0.2) is 54.4 Å². The van der Waals surface area contributed by atoms with Crippen molar-refractivity contribution < 1.29 is 18.7 Å². The molecule has 3 rings (SSSR count). The summed E-state index contributed by atoms with van der Waals surface area (Å²) in [6.07, 6.45) is 0.799. The minimum Gasteiger partial charge on any atom is -0.497 e. The summed E-state index contributed by atoms with van der Waals surface area (Å²) in [4.78, 5) is 13.9. The SMILES string of the molecule is COc1cccc(-c2nnc(CCC(=O)N3CCOCC3)o2)c1. The highest BCUT2D eigenvalue weighted by atomic mass is 16.5. The summed E-state index contributed by atoms with van der Waals surface area (Å²) in [5, 5.41) is 8.05. The molecule has 122 valence electrons. The van der Waals surface area contributed by atoms with Crippen molar-refractivity contribution in [3.63, 3.8) is 0 Å². The first kappa shape index (κ1) is 15.5. The molecule has 0 radical (unpaired) electrons. The molecule has 0 aliphatic carbocycles. The predicted octanol–water partition coefficient (Wildman–Crippen LogP) is 1.54. The Morgan fingerprint density at radius 2 is 2.13 bits per heavy atom. The van der Waals surface area contributed by atoms with E-state index in [-0.39, 0.29) is 5.91 Å². The van der Waals surface area contributed by atoms with E-state index in [0.29, 0.717) is 50.9 Å². The Balaban J connectivity index is 1.59. The number of aromatic nitrogens is 2. The van der Waals surface area contributed by atoms with Crippen LogP contribution in [0.4, 0.5) is 0 Å². The van der Waals surface area contributed by atoms with Crippen LogP contribution in [0.5, 0.6) is 5.75 Å². The Hall–Kier alpha value is -2.41. The zero-order valence-corrected chi connectivity index (χ0v) is 13.0. The number of ether oxygens (including phenoxy) is 2. The highest BCUT2D eigenvalue weighted by Gasteiger charge is 2.18. The zero-order valence-electron chi connectivity index (χ0n) is 13.0. The molecule has 0 N–H and O–H groups in total. The van der Waals surface area contributed by atoms with E-state index in [0.717, 1.165) is 11.3 Å². The summed E-state index contributed by atoms with van der Waals surface area (Å²) in [7, 11) is 1.61. The van der Waals surface area contributed by atoms with Gasteiger partial charge in [0, 0.05) is 31.5 Å². The smallest absolute Gasteiger partial charge is 0.247 e. The third-order valence-corrected chi connectivity index (χ3v) is 3.70. The van der Waals surface area contributed by atoms with Gasteiger partial charge in [-0.05, 0) is 18.2 Å². The summed E-state index contributed by atoms with van der Waals surface area (Å²) < 4.78 is 16.1. The van der Waals surface area contributed by atoms with E-state index in [1.807, 2.05) is 29.2 Å². The van der Waals surface area contributed by atoms with E-state index in [1.54, 1.807) is 7.11 Å². The van der Waals surface area contributed by atoms with Crippen molar-refractivity contribution in [1.82, 2.24) is 15.1 Å². The second-order valence-electron chi connectivity index (χ2n) is 5.23. The topological polar surface area (TPSA) is 77.7 Å². The molecule has 2 aromatic rings. The minimum absolute atomic E-state index is 0.0921. The fourth-order valence-corrected chi connectivity index (χ4v) is 2.41. The number of hydrogen-bond acceptors (Lipinski definition) is 6. The highest BCUT2D eigenvalue weighted by molar-refractivity contribution is 5.76. The predicted molar refractivity (Wildman–Crippen MR) is 82.0 cm³/mol. The standard InChI is InChI=1S/C16H19N3O4/c1-21-13-4-2-3-12(11-13)16-18-17-14(23-16)5-6-15(20)19-7-9-22-10-8-19/h2-4,11H,5-10H2,1H3. The van der Waals surface area contributed by atoms with Crippen LogP contribution in [0.15, 0.2) is 28.7 Å². The summed E-state index contributed by atoms with van der Waals surface area (Å²) >= 11 is 0. The molecule has 23 heavy (non-hydrogen) atoms. The summed E-state index contributed by atoms with van der Waals surface area (Å²) in [5.74, 6) is 1.71. The zero-order chi connectivity index (χ0) is 16.1. The molecule has 1 aliphatic rings. The number of carbonyl (C=O) groups excluding carboxylic acids is 1. The summed E-state index contributed by atoms with van der Waals surface area (Å²) in [6, 6.07) is 7.41. The van der Waals surface area contributed by atoms with Crippen molar-refractivity contribution in [3.8, 4) is 17.2 Å². The van der Waals surface area contributed by atoms with Crippen LogP contribution in [0, 0.1) is 0 Å². The van der Waals surface area contributed by atoms with E-state index >= 15 is 0 Å². The molecule has 7 nitrogen and oxygen atoms in total. The van der Waals surface area contributed by atoms with Crippen molar-refractivity contribution in [3.05, 3.63) is 30.2 Å². The first-order valence-electron chi connectivity index (χ1n) is 7.58. The van der Waals surface area contributed by atoms with E-state index in [2.05, 4.69) is 10.2 Å². The number of benzene rings is 1. The molecule has 0 saturated carbocycles. The van der Waals surface area contributed by atoms with Gasteiger partial charge in [0.25, 0.3) is 0 Å². The van der Waals surface area contributed by atoms with Gasteiger partial charge < -0.3 is 18.8 Å². The van der Waals surface area contributed by atoms with E-state index in [4.69, 9.17) is 13.9 Å². The van der Waals surface area contributed by atoms with E-state index in [1.165, 1.54) is 0 Å². The van der Waals surface area contributed by atoms with Gasteiger partial charge in [-0.3, -0.25) is 4.79 Å². The van der Waals surface area contributed by atoms with Gasteiger partial charge in [0.15, 0.2) is 0 Å². The lowest BCUT2D eigenvalue weighted by Gasteiger charge is -2.26. The van der Waals surface area contributed by atoms with Gasteiger partial charge in [-0.15, -0.1) is 10.2 Å². The molecule has 0 bridgehead atoms. The van der Waals surface area contributed by atoms with Gasteiger partial charge in [0.2, 0.25) is 17.7 Å². The Labute approximate surface area is 134 Å². The second-order valence-corrected chi connectivity index (χ2v) is 5.23. The molecule has 7 heteroatoms. The first-order chi connectivity index (χ1) is 11.3. The van der Waals surface area contributed by atoms with Gasteiger partial charge in [0.05, 0.1) is 20.3 Å². The number of rotatable bonds is 5. The van der Waals surface area contributed by atoms with Crippen LogP contribution in [0.1, 0.15) is 12.3 Å². The van der Waals surface area contributed by atoms with Crippen LogP contribution in [0.25, 0.3) is 11.5 Å². The lowest BCUT2D eigenvalue weighted by Crippen LogP contribution is -2.40. The fourth-order valence-electron chi connectivity index (χ4n) is 2.41. The average molecular weight is 317 g/mol. The molecule has 1 fully saturated rings. The molecule has 0 unspecified atom stereocenters. The van der Waals surface area contributed by atoms with Crippen molar-refractivity contribution in [2.24, 2.45) is 0 Å². The minimum atomic E-state index is 0.0921. The maximum atomic E-state index is 12.1. The van der Waals surface area contributed by atoms with Crippen LogP contribution in [0.3, 0.4) is 0 Å². The lowest BCUT2D eigenvalue weighted by molar-refractivity contribution is -0.135. The molecule has 2 heterocycles. The number of nitrogens with zero attached hydrogens (tertiary/aromatic N) is 3. The number of morpholine rings is 1. The van der Waals surface area contributed by atoms with Gasteiger partial charge in [0.1, 0.15) is 5.75 Å². The fraction of sp³-hybridized carbons (Fsp3) is 0.438. The van der Waals surface area contributed by atoms with Crippen molar-refractivity contribution >= 4 is 5.91 Å². The Morgan fingerprint density at radius 3 is 2.91 bits per heavy atom. The van der Waals surface area contributed by atoms with Gasteiger partial charge in [-0.2, -0.15) is 0 Å². The molecule has 1 saturated heterocycles. The van der Waals surface area contributed by atoms with E-state index < -0.39 is 0 Å². The largest absolute Gasteiger partial charge is 0.497 e. The number of hydrogen-bond donors (Lipinski definition) is 0. The van der Waals surface area contributed by atoms with E-state index in [9.17, 15) is 4.79 Å². The van der Waals surface area contributed by atoms with Crippen molar-refractivity contribution in [2.45, 2.75) is 12.8 Å². The highest BCUT2D eigenvalue weighted by Crippen LogP contribution is 2.22. The van der Waals surface area contributed by atoms with Gasteiger partial charge in [-0.1, -0.05) is 6.07 Å². The summed E-state index contributed by atoms with van der Waals surface area (Å²) in [5.41, 5.74) is 0.794. The number of carbonyl (C=O) groups is 1. The van der Waals surface area contributed by atoms with Crippen LogP contribution in [0.2, 0.25) is 0 Å². The summed E-state index contributed by atoms with van der Waals surface area (Å²) in [6.45, 7) is 2.51. The molecule has 1 amide bonds. The van der Waals surface area contributed by atoms with Crippen LogP contribution in [-0.2, 0) is 16.0 Å². The molecule has 1 aliphatic heterocycles.